The van der Waals surface area contributed by atoms with Gasteiger partial charge in [0.1, 0.15) is 6.33 Å². The topological polar surface area (TPSA) is 96.7 Å². The van der Waals surface area contributed by atoms with Crippen LogP contribution >= 0.6 is 11.8 Å². The van der Waals surface area contributed by atoms with Gasteiger partial charge in [0, 0.05) is 23.2 Å². The molecule has 88 valence electrons. The van der Waals surface area contributed by atoms with E-state index in [2.05, 4.69) is 20.5 Å². The molecular weight excluding hydrogens is 238 g/mol. The summed E-state index contributed by atoms with van der Waals surface area (Å²) in [5.74, 6) is -0.149. The van der Waals surface area contributed by atoms with E-state index in [9.17, 15) is 4.79 Å². The van der Waals surface area contributed by atoms with Crippen LogP contribution < -0.4 is 11.1 Å². The Morgan fingerprint density at radius 1 is 1.53 bits per heavy atom. The summed E-state index contributed by atoms with van der Waals surface area (Å²) < 4.78 is 0. The van der Waals surface area contributed by atoms with Crippen LogP contribution in [0.2, 0.25) is 0 Å². The lowest BCUT2D eigenvalue weighted by Gasteiger charge is -2.05. The highest BCUT2D eigenvalue weighted by Gasteiger charge is 2.09. The van der Waals surface area contributed by atoms with Gasteiger partial charge in [-0.3, -0.25) is 9.89 Å². The normalized spacial score (nSPS) is 10.2. The summed E-state index contributed by atoms with van der Waals surface area (Å²) in [6.45, 7) is 0. The molecule has 1 heterocycles. The molecule has 6 nitrogen and oxygen atoms in total. The summed E-state index contributed by atoms with van der Waals surface area (Å²) in [6.07, 6.45) is 1.42. The molecule has 7 heteroatoms. The minimum Gasteiger partial charge on any atom is -0.398 e. The van der Waals surface area contributed by atoms with Crippen molar-refractivity contribution in [3.8, 4) is 0 Å². The lowest BCUT2D eigenvalue weighted by Crippen LogP contribution is -2.17. The van der Waals surface area contributed by atoms with Crippen molar-refractivity contribution >= 4 is 23.4 Å². The number of benzene rings is 1. The van der Waals surface area contributed by atoms with Crippen molar-refractivity contribution in [2.24, 2.45) is 0 Å². The number of aromatic nitrogens is 3. The first kappa shape index (κ1) is 11.5. The minimum absolute atomic E-state index is 0.149. The molecule has 1 aromatic heterocycles. The van der Waals surface area contributed by atoms with Crippen LogP contribution in [-0.2, 0) is 0 Å². The summed E-state index contributed by atoms with van der Waals surface area (Å²) in [5.41, 5.74) is 6.99. The SMILES string of the molecule is CNC(=O)c1ccc(N)c(Sc2ncn[nH]2)c1. The van der Waals surface area contributed by atoms with Gasteiger partial charge in [0.2, 0.25) is 0 Å². The van der Waals surface area contributed by atoms with Crippen LogP contribution in [0.5, 0.6) is 0 Å². The predicted octanol–water partition coefficient (Wildman–Crippen LogP) is 0.898. The molecule has 0 spiro atoms. The molecule has 0 aliphatic heterocycles. The van der Waals surface area contributed by atoms with Crippen LogP contribution in [0.25, 0.3) is 0 Å². The van der Waals surface area contributed by atoms with Gasteiger partial charge in [-0.1, -0.05) is 0 Å². The van der Waals surface area contributed by atoms with E-state index in [1.165, 1.54) is 18.1 Å². The van der Waals surface area contributed by atoms with Crippen LogP contribution in [0.15, 0.2) is 34.6 Å². The molecule has 4 N–H and O–H groups in total. The summed E-state index contributed by atoms with van der Waals surface area (Å²) >= 11 is 1.33. The van der Waals surface area contributed by atoms with E-state index in [1.807, 2.05) is 0 Å². The molecule has 2 aromatic rings. The number of nitrogen functional groups attached to an aromatic ring is 1. The van der Waals surface area contributed by atoms with Gasteiger partial charge in [0.15, 0.2) is 5.16 Å². The molecule has 0 unspecified atom stereocenters. The quantitative estimate of drug-likeness (QED) is 0.702. The zero-order valence-corrected chi connectivity index (χ0v) is 9.91. The van der Waals surface area contributed by atoms with Crippen molar-refractivity contribution in [1.82, 2.24) is 20.5 Å². The zero-order chi connectivity index (χ0) is 12.3. The molecular formula is C10H11N5OS. The average molecular weight is 249 g/mol. The molecule has 0 fully saturated rings. The fourth-order valence-corrected chi connectivity index (χ4v) is 2.03. The van der Waals surface area contributed by atoms with Gasteiger partial charge in [-0.2, -0.15) is 5.10 Å². The Hall–Kier alpha value is -2.02. The number of hydrogen-bond acceptors (Lipinski definition) is 5. The minimum atomic E-state index is -0.149. The van der Waals surface area contributed by atoms with Crippen LogP contribution in [0.3, 0.4) is 0 Å². The lowest BCUT2D eigenvalue weighted by atomic mass is 10.2. The number of carbonyl (C=O) groups is 1. The van der Waals surface area contributed by atoms with E-state index in [4.69, 9.17) is 5.73 Å². The first-order chi connectivity index (χ1) is 8.20. The highest BCUT2D eigenvalue weighted by Crippen LogP contribution is 2.30. The third-order valence-corrected chi connectivity index (χ3v) is 3.07. The number of nitrogens with two attached hydrogens (primary N) is 1. The van der Waals surface area contributed by atoms with Gasteiger partial charge in [0.25, 0.3) is 5.91 Å². The summed E-state index contributed by atoms with van der Waals surface area (Å²) in [5, 5.41) is 9.66. The van der Waals surface area contributed by atoms with E-state index in [0.717, 1.165) is 4.90 Å². The number of carbonyl (C=O) groups excluding carboxylic acids is 1. The van der Waals surface area contributed by atoms with E-state index in [0.29, 0.717) is 16.4 Å². The molecule has 0 bridgehead atoms. The van der Waals surface area contributed by atoms with E-state index >= 15 is 0 Å². The van der Waals surface area contributed by atoms with Gasteiger partial charge >= 0.3 is 0 Å². The molecule has 0 aliphatic rings. The summed E-state index contributed by atoms with van der Waals surface area (Å²) in [4.78, 5) is 16.2. The van der Waals surface area contributed by atoms with Crippen LogP contribution in [0.4, 0.5) is 5.69 Å². The van der Waals surface area contributed by atoms with Gasteiger partial charge in [-0.25, -0.2) is 4.98 Å². The average Bonchev–Trinajstić information content (AvgIpc) is 2.84. The monoisotopic (exact) mass is 249 g/mol. The number of H-pyrrole nitrogens is 1. The second kappa shape index (κ2) is 4.88. The number of aromatic amines is 1. The molecule has 17 heavy (non-hydrogen) atoms. The van der Waals surface area contributed by atoms with Crippen LogP contribution in [0, 0.1) is 0 Å². The Balaban J connectivity index is 2.29. The first-order valence-electron chi connectivity index (χ1n) is 4.85. The van der Waals surface area contributed by atoms with Crippen LogP contribution in [-0.4, -0.2) is 28.1 Å². The van der Waals surface area contributed by atoms with Crippen molar-refractivity contribution < 1.29 is 4.79 Å². The maximum atomic E-state index is 11.5. The van der Waals surface area contributed by atoms with Gasteiger partial charge in [-0.15, -0.1) is 0 Å². The van der Waals surface area contributed by atoms with Gasteiger partial charge in [-0.05, 0) is 30.0 Å². The third-order valence-electron chi connectivity index (χ3n) is 2.10. The number of hydrogen-bond donors (Lipinski definition) is 3. The van der Waals surface area contributed by atoms with Crippen molar-refractivity contribution in [2.45, 2.75) is 10.1 Å². The highest BCUT2D eigenvalue weighted by molar-refractivity contribution is 7.99. The van der Waals surface area contributed by atoms with E-state index < -0.39 is 0 Å². The standard InChI is InChI=1S/C10H11N5OS/c1-12-9(16)6-2-3-7(11)8(4-6)17-10-13-5-14-15-10/h2-5H,11H2,1H3,(H,12,16)(H,13,14,15). The molecule has 0 radical (unpaired) electrons. The number of anilines is 1. The maximum Gasteiger partial charge on any atom is 0.251 e. The summed E-state index contributed by atoms with van der Waals surface area (Å²) in [7, 11) is 1.59. The second-order valence-corrected chi connectivity index (χ2v) is 4.26. The fourth-order valence-electron chi connectivity index (χ4n) is 1.26. The summed E-state index contributed by atoms with van der Waals surface area (Å²) in [6, 6.07) is 5.10. The predicted molar refractivity (Wildman–Crippen MR) is 64.8 cm³/mol. The smallest absolute Gasteiger partial charge is 0.251 e. The Bertz CT molecular complexity index is 525. The Labute approximate surface area is 102 Å². The largest absolute Gasteiger partial charge is 0.398 e. The molecule has 0 atom stereocenters. The third kappa shape index (κ3) is 2.56. The van der Waals surface area contributed by atoms with Crippen molar-refractivity contribution in [1.29, 1.82) is 0 Å². The maximum absolute atomic E-state index is 11.5. The Morgan fingerprint density at radius 2 is 2.35 bits per heavy atom. The van der Waals surface area contributed by atoms with E-state index in [1.54, 1.807) is 25.2 Å². The number of rotatable bonds is 3. The van der Waals surface area contributed by atoms with E-state index in [-0.39, 0.29) is 5.91 Å². The molecule has 2 rings (SSSR count). The van der Waals surface area contributed by atoms with Crippen molar-refractivity contribution in [2.75, 3.05) is 12.8 Å². The van der Waals surface area contributed by atoms with Gasteiger partial charge < -0.3 is 11.1 Å². The Morgan fingerprint density at radius 3 is 3.00 bits per heavy atom. The van der Waals surface area contributed by atoms with Crippen LogP contribution in [0.1, 0.15) is 10.4 Å². The zero-order valence-electron chi connectivity index (χ0n) is 9.10. The Kier molecular flexibility index (Phi) is 3.29. The number of nitrogens with one attached hydrogen (secondary N) is 2. The molecule has 0 saturated carbocycles. The van der Waals surface area contributed by atoms with Crippen molar-refractivity contribution in [3.63, 3.8) is 0 Å². The molecule has 1 amide bonds. The molecule has 0 saturated heterocycles. The number of amides is 1. The molecule has 1 aromatic carbocycles. The lowest BCUT2D eigenvalue weighted by molar-refractivity contribution is 0.0963. The van der Waals surface area contributed by atoms with Crippen molar-refractivity contribution in [3.05, 3.63) is 30.1 Å². The first-order valence-corrected chi connectivity index (χ1v) is 5.67. The molecule has 0 aliphatic carbocycles. The fraction of sp³-hybridized carbons (Fsp3) is 0.100. The number of nitrogens with zero attached hydrogens (tertiary/aromatic N) is 2. The van der Waals surface area contributed by atoms with Gasteiger partial charge in [0.05, 0.1) is 0 Å². The second-order valence-electron chi connectivity index (χ2n) is 3.22. The highest BCUT2D eigenvalue weighted by atomic mass is 32.2.